The molecule has 0 saturated carbocycles. The third-order valence-corrected chi connectivity index (χ3v) is 4.82. The van der Waals surface area contributed by atoms with Crippen molar-refractivity contribution >= 4 is 30.0 Å². The Balaban J connectivity index is 0.00000192. The lowest BCUT2D eigenvalue weighted by Gasteiger charge is -2.35. The third kappa shape index (κ3) is 3.10. The molecule has 2 aliphatic heterocycles. The molecule has 0 amide bonds. The molecule has 1 fully saturated rings. The SMILES string of the molecule is COC(=O)c1cc(Cl)c2c(c1C)OC(C)(C1CCNCC1)O2.Cl. The van der Waals surface area contributed by atoms with E-state index in [0.717, 1.165) is 25.9 Å². The molecule has 3 rings (SSSR count). The second-order valence-electron chi connectivity index (χ2n) is 5.93. The van der Waals surface area contributed by atoms with Gasteiger partial charge in [0, 0.05) is 18.4 Å². The molecular weight excluding hydrogens is 341 g/mol. The molecule has 0 bridgehead atoms. The molecule has 7 heteroatoms. The molecule has 1 aromatic rings. The fourth-order valence-corrected chi connectivity index (χ4v) is 3.41. The van der Waals surface area contributed by atoms with E-state index >= 15 is 0 Å². The Morgan fingerprint density at radius 2 is 1.96 bits per heavy atom. The van der Waals surface area contributed by atoms with Gasteiger partial charge in [0.05, 0.1) is 17.7 Å². The molecule has 128 valence electrons. The van der Waals surface area contributed by atoms with Crippen LogP contribution in [0.2, 0.25) is 5.02 Å². The van der Waals surface area contributed by atoms with Crippen LogP contribution in [0.25, 0.3) is 0 Å². The minimum absolute atomic E-state index is 0. The van der Waals surface area contributed by atoms with Crippen molar-refractivity contribution in [1.29, 1.82) is 0 Å². The number of nitrogens with one attached hydrogen (secondary N) is 1. The van der Waals surface area contributed by atoms with Crippen molar-refractivity contribution in [3.05, 3.63) is 22.2 Å². The van der Waals surface area contributed by atoms with E-state index in [1.165, 1.54) is 7.11 Å². The average molecular weight is 362 g/mol. The van der Waals surface area contributed by atoms with Crippen LogP contribution in [-0.2, 0) is 4.74 Å². The Morgan fingerprint density at radius 3 is 2.57 bits per heavy atom. The summed E-state index contributed by atoms with van der Waals surface area (Å²) in [6.45, 7) is 5.66. The van der Waals surface area contributed by atoms with Crippen molar-refractivity contribution < 1.29 is 19.0 Å². The summed E-state index contributed by atoms with van der Waals surface area (Å²) in [6.07, 6.45) is 1.95. The molecule has 5 nitrogen and oxygen atoms in total. The van der Waals surface area contributed by atoms with Crippen LogP contribution in [0.5, 0.6) is 11.5 Å². The molecule has 0 radical (unpaired) electrons. The highest BCUT2D eigenvalue weighted by Crippen LogP contribution is 2.50. The maximum atomic E-state index is 11.9. The standard InChI is InChI=1S/C16H20ClNO4.ClH/c1-9-11(15(19)20-3)8-12(17)14-13(9)21-16(2,22-14)10-4-6-18-7-5-10;/h8,10,18H,4-7H2,1-3H3;1H. The van der Waals surface area contributed by atoms with E-state index in [4.69, 9.17) is 25.8 Å². The maximum Gasteiger partial charge on any atom is 0.338 e. The van der Waals surface area contributed by atoms with Gasteiger partial charge >= 0.3 is 5.97 Å². The van der Waals surface area contributed by atoms with E-state index in [1.807, 2.05) is 13.8 Å². The Kier molecular flexibility index (Phi) is 5.33. The number of hydrogen-bond acceptors (Lipinski definition) is 5. The summed E-state index contributed by atoms with van der Waals surface area (Å²) in [5, 5.41) is 3.71. The zero-order valence-corrected chi connectivity index (χ0v) is 15.0. The van der Waals surface area contributed by atoms with Crippen LogP contribution in [0.4, 0.5) is 0 Å². The fourth-order valence-electron chi connectivity index (χ4n) is 3.18. The zero-order chi connectivity index (χ0) is 15.9. The molecule has 0 aromatic heterocycles. The first-order chi connectivity index (χ1) is 10.5. The van der Waals surface area contributed by atoms with E-state index in [0.29, 0.717) is 27.6 Å². The highest BCUT2D eigenvalue weighted by Gasteiger charge is 2.46. The van der Waals surface area contributed by atoms with Crippen LogP contribution in [-0.4, -0.2) is 32.0 Å². The monoisotopic (exact) mass is 361 g/mol. The average Bonchev–Trinajstić information content (AvgIpc) is 2.91. The quantitative estimate of drug-likeness (QED) is 0.818. The van der Waals surface area contributed by atoms with Gasteiger partial charge in [0.1, 0.15) is 0 Å². The number of halogens is 2. The van der Waals surface area contributed by atoms with Gasteiger partial charge in [-0.05, 0) is 38.9 Å². The van der Waals surface area contributed by atoms with Crippen LogP contribution in [0.3, 0.4) is 0 Å². The number of carbonyl (C=O) groups is 1. The highest BCUT2D eigenvalue weighted by atomic mass is 35.5. The summed E-state index contributed by atoms with van der Waals surface area (Å²) >= 11 is 6.29. The van der Waals surface area contributed by atoms with E-state index < -0.39 is 11.8 Å². The summed E-state index contributed by atoms with van der Waals surface area (Å²) < 4.78 is 17.0. The number of methoxy groups -OCH3 is 1. The van der Waals surface area contributed by atoms with Crippen molar-refractivity contribution in [2.24, 2.45) is 5.92 Å². The summed E-state index contributed by atoms with van der Waals surface area (Å²) in [6, 6.07) is 1.58. The minimum Gasteiger partial charge on any atom is -0.465 e. The van der Waals surface area contributed by atoms with Crippen LogP contribution in [0.1, 0.15) is 35.7 Å². The normalized spacial score (nSPS) is 23.3. The number of carbonyl (C=O) groups excluding carboxylic acids is 1. The number of hydrogen-bond donors (Lipinski definition) is 1. The number of benzene rings is 1. The van der Waals surface area contributed by atoms with Gasteiger partial charge < -0.3 is 19.5 Å². The molecule has 1 aromatic carbocycles. The third-order valence-electron chi connectivity index (χ3n) is 4.53. The molecule has 1 N–H and O–H groups in total. The Hall–Kier alpha value is -1.17. The second kappa shape index (κ2) is 6.75. The number of rotatable bonds is 2. The molecule has 2 aliphatic rings. The van der Waals surface area contributed by atoms with Crippen LogP contribution < -0.4 is 14.8 Å². The van der Waals surface area contributed by atoms with E-state index in [-0.39, 0.29) is 18.3 Å². The van der Waals surface area contributed by atoms with Crippen molar-refractivity contribution in [2.75, 3.05) is 20.2 Å². The van der Waals surface area contributed by atoms with Gasteiger partial charge in [-0.2, -0.15) is 0 Å². The van der Waals surface area contributed by atoms with Crippen LogP contribution in [0.15, 0.2) is 6.07 Å². The fraction of sp³-hybridized carbons (Fsp3) is 0.562. The Morgan fingerprint density at radius 1 is 1.35 bits per heavy atom. The lowest BCUT2D eigenvalue weighted by Crippen LogP contribution is -2.47. The maximum absolute atomic E-state index is 11.9. The van der Waals surface area contributed by atoms with Gasteiger partial charge in [0.15, 0.2) is 11.5 Å². The summed E-state index contributed by atoms with van der Waals surface area (Å²) in [4.78, 5) is 11.9. The Labute approximate surface area is 147 Å². The molecule has 1 unspecified atom stereocenters. The van der Waals surface area contributed by atoms with Gasteiger partial charge in [-0.15, -0.1) is 12.4 Å². The van der Waals surface area contributed by atoms with Gasteiger partial charge in [-0.1, -0.05) is 11.6 Å². The first-order valence-electron chi connectivity index (χ1n) is 7.46. The zero-order valence-electron chi connectivity index (χ0n) is 13.4. The molecule has 2 heterocycles. The molecule has 1 saturated heterocycles. The number of piperidine rings is 1. The Bertz CT molecular complexity index is 617. The van der Waals surface area contributed by atoms with Gasteiger partial charge in [-0.25, -0.2) is 4.79 Å². The van der Waals surface area contributed by atoms with Gasteiger partial charge in [0.2, 0.25) is 0 Å². The number of ether oxygens (including phenoxy) is 3. The molecule has 0 aliphatic carbocycles. The molecule has 1 atom stereocenters. The summed E-state index contributed by atoms with van der Waals surface area (Å²) in [7, 11) is 1.35. The topological polar surface area (TPSA) is 56.8 Å². The molecule has 23 heavy (non-hydrogen) atoms. The highest BCUT2D eigenvalue weighted by molar-refractivity contribution is 6.32. The lowest BCUT2D eigenvalue weighted by molar-refractivity contribution is -0.118. The summed E-state index contributed by atoms with van der Waals surface area (Å²) in [5.41, 5.74) is 1.10. The number of esters is 1. The lowest BCUT2D eigenvalue weighted by atomic mass is 9.90. The summed E-state index contributed by atoms with van der Waals surface area (Å²) in [5.74, 6) is 0.175. The smallest absolute Gasteiger partial charge is 0.338 e. The van der Waals surface area contributed by atoms with Crippen molar-refractivity contribution in [3.63, 3.8) is 0 Å². The first-order valence-corrected chi connectivity index (χ1v) is 7.84. The largest absolute Gasteiger partial charge is 0.465 e. The van der Waals surface area contributed by atoms with E-state index in [9.17, 15) is 4.79 Å². The van der Waals surface area contributed by atoms with Gasteiger partial charge in [0.25, 0.3) is 5.79 Å². The predicted molar refractivity (Wildman–Crippen MR) is 90.0 cm³/mol. The van der Waals surface area contributed by atoms with Gasteiger partial charge in [-0.3, -0.25) is 0 Å². The minimum atomic E-state index is -0.742. The first kappa shape index (κ1) is 18.2. The van der Waals surface area contributed by atoms with E-state index in [2.05, 4.69) is 5.32 Å². The molecular formula is C16H21Cl2NO4. The second-order valence-corrected chi connectivity index (χ2v) is 6.33. The van der Waals surface area contributed by atoms with Crippen molar-refractivity contribution in [1.82, 2.24) is 5.32 Å². The van der Waals surface area contributed by atoms with Crippen LogP contribution in [0, 0.1) is 12.8 Å². The van der Waals surface area contributed by atoms with E-state index in [1.54, 1.807) is 6.07 Å². The van der Waals surface area contributed by atoms with Crippen molar-refractivity contribution in [3.8, 4) is 11.5 Å². The van der Waals surface area contributed by atoms with Crippen LogP contribution >= 0.6 is 24.0 Å². The predicted octanol–water partition coefficient (Wildman–Crippen LogP) is 3.34. The van der Waals surface area contributed by atoms with Crippen molar-refractivity contribution in [2.45, 2.75) is 32.5 Å². The number of fused-ring (bicyclic) bond motifs is 1. The molecule has 0 spiro atoms.